The molecule has 0 aliphatic carbocycles. The van der Waals surface area contributed by atoms with Crippen LogP contribution in [0.2, 0.25) is 0 Å². The van der Waals surface area contributed by atoms with Crippen molar-refractivity contribution >= 4 is 17.2 Å². The number of hydrogen-bond donors (Lipinski definition) is 1. The summed E-state index contributed by atoms with van der Waals surface area (Å²) < 4.78 is 5.65. The maximum Gasteiger partial charge on any atom is 0.265 e. The standard InChI is InChI=1S/C15H19N5O2S/c1-10-11(23-13(18-10)12-16-9-17-19-12)14(21)20-5-4-15(7-20)3-2-6-22-8-15/h9H,2-8H2,1H3,(H,16,17,19). The molecule has 2 aliphatic heterocycles. The van der Waals surface area contributed by atoms with E-state index >= 15 is 0 Å². The second-order valence-electron chi connectivity index (χ2n) is 6.40. The molecular formula is C15H19N5O2S. The molecule has 2 aromatic heterocycles. The Morgan fingerprint density at radius 3 is 3.13 bits per heavy atom. The smallest absolute Gasteiger partial charge is 0.265 e. The highest BCUT2D eigenvalue weighted by atomic mass is 32.1. The number of rotatable bonds is 2. The number of amides is 1. The van der Waals surface area contributed by atoms with Gasteiger partial charge in [-0.25, -0.2) is 9.97 Å². The molecule has 0 radical (unpaired) electrons. The first kappa shape index (κ1) is 14.8. The molecule has 1 N–H and O–H groups in total. The van der Waals surface area contributed by atoms with Gasteiger partial charge in [0.25, 0.3) is 5.91 Å². The number of hydrogen-bond acceptors (Lipinski definition) is 6. The lowest BCUT2D eigenvalue weighted by molar-refractivity contribution is -0.00157. The van der Waals surface area contributed by atoms with Crippen LogP contribution in [0.3, 0.4) is 0 Å². The molecule has 4 heterocycles. The summed E-state index contributed by atoms with van der Waals surface area (Å²) in [5.41, 5.74) is 0.924. The van der Waals surface area contributed by atoms with Crippen LogP contribution in [0.1, 0.15) is 34.6 Å². The Morgan fingerprint density at radius 2 is 2.39 bits per heavy atom. The molecule has 2 aliphatic rings. The van der Waals surface area contributed by atoms with Gasteiger partial charge in [0.2, 0.25) is 0 Å². The van der Waals surface area contributed by atoms with Crippen molar-refractivity contribution in [1.82, 2.24) is 25.1 Å². The lowest BCUT2D eigenvalue weighted by Gasteiger charge is -2.32. The van der Waals surface area contributed by atoms with E-state index in [9.17, 15) is 4.79 Å². The van der Waals surface area contributed by atoms with E-state index in [4.69, 9.17) is 4.74 Å². The molecule has 2 fully saturated rings. The van der Waals surface area contributed by atoms with Crippen LogP contribution in [0, 0.1) is 12.3 Å². The van der Waals surface area contributed by atoms with E-state index in [1.54, 1.807) is 0 Å². The topological polar surface area (TPSA) is 84.0 Å². The zero-order chi connectivity index (χ0) is 15.9. The van der Waals surface area contributed by atoms with Crippen molar-refractivity contribution in [2.24, 2.45) is 5.41 Å². The Hall–Kier alpha value is -1.80. The molecule has 1 amide bonds. The maximum atomic E-state index is 12.9. The van der Waals surface area contributed by atoms with Crippen LogP contribution in [-0.2, 0) is 4.74 Å². The molecule has 1 atom stereocenters. The summed E-state index contributed by atoms with van der Waals surface area (Å²) in [6, 6.07) is 0. The van der Waals surface area contributed by atoms with Gasteiger partial charge in [0, 0.05) is 25.1 Å². The van der Waals surface area contributed by atoms with Gasteiger partial charge < -0.3 is 9.64 Å². The minimum Gasteiger partial charge on any atom is -0.381 e. The van der Waals surface area contributed by atoms with Gasteiger partial charge in [-0.1, -0.05) is 0 Å². The van der Waals surface area contributed by atoms with Crippen LogP contribution >= 0.6 is 11.3 Å². The molecule has 4 rings (SSSR count). The molecule has 1 spiro atoms. The largest absolute Gasteiger partial charge is 0.381 e. The number of nitrogens with zero attached hydrogens (tertiary/aromatic N) is 4. The van der Waals surface area contributed by atoms with E-state index < -0.39 is 0 Å². The summed E-state index contributed by atoms with van der Waals surface area (Å²) in [7, 11) is 0. The third-order valence-electron chi connectivity index (χ3n) is 4.74. The lowest BCUT2D eigenvalue weighted by atomic mass is 9.82. The average molecular weight is 333 g/mol. The number of ether oxygens (including phenoxy) is 1. The quantitative estimate of drug-likeness (QED) is 0.907. The van der Waals surface area contributed by atoms with Crippen LogP contribution in [0.15, 0.2) is 6.33 Å². The molecule has 0 saturated carbocycles. The first-order valence-electron chi connectivity index (χ1n) is 7.87. The lowest BCUT2D eigenvalue weighted by Crippen LogP contribution is -2.37. The number of carbonyl (C=O) groups excluding carboxylic acids is 1. The highest BCUT2D eigenvalue weighted by molar-refractivity contribution is 7.17. The highest BCUT2D eigenvalue weighted by Gasteiger charge is 2.42. The fourth-order valence-electron chi connectivity index (χ4n) is 3.49. The first-order chi connectivity index (χ1) is 11.2. The fraction of sp³-hybridized carbons (Fsp3) is 0.600. The van der Waals surface area contributed by atoms with E-state index in [1.807, 2.05) is 11.8 Å². The average Bonchev–Trinajstić information content (AvgIpc) is 3.27. The first-order valence-corrected chi connectivity index (χ1v) is 8.69. The van der Waals surface area contributed by atoms with Gasteiger partial charge in [-0.2, -0.15) is 5.10 Å². The molecule has 122 valence electrons. The van der Waals surface area contributed by atoms with Crippen molar-refractivity contribution in [3.63, 3.8) is 0 Å². The summed E-state index contributed by atoms with van der Waals surface area (Å²) in [5.74, 6) is 0.684. The number of carbonyl (C=O) groups is 1. The summed E-state index contributed by atoms with van der Waals surface area (Å²) >= 11 is 1.38. The summed E-state index contributed by atoms with van der Waals surface area (Å²) in [5, 5.41) is 7.34. The van der Waals surface area contributed by atoms with Crippen molar-refractivity contribution in [1.29, 1.82) is 0 Å². The zero-order valence-corrected chi connectivity index (χ0v) is 13.9. The third kappa shape index (κ3) is 2.66. The van der Waals surface area contributed by atoms with E-state index in [1.165, 1.54) is 17.7 Å². The number of H-pyrrole nitrogens is 1. The van der Waals surface area contributed by atoms with Gasteiger partial charge in [-0.05, 0) is 26.2 Å². The number of aromatic nitrogens is 4. The highest BCUT2D eigenvalue weighted by Crippen LogP contribution is 2.39. The van der Waals surface area contributed by atoms with Gasteiger partial charge >= 0.3 is 0 Å². The van der Waals surface area contributed by atoms with Gasteiger partial charge in [0.05, 0.1) is 12.3 Å². The van der Waals surface area contributed by atoms with Gasteiger partial charge in [0.1, 0.15) is 11.2 Å². The number of thiazole rings is 1. The SMILES string of the molecule is Cc1nc(-c2ncn[nH]2)sc1C(=O)N1CCC2(CCCOC2)C1. The Bertz CT molecular complexity index is 706. The van der Waals surface area contributed by atoms with Gasteiger partial charge in [0.15, 0.2) is 10.8 Å². The second kappa shape index (κ2) is 5.68. The normalized spacial score (nSPS) is 24.5. The van der Waals surface area contributed by atoms with E-state index in [0.29, 0.717) is 15.7 Å². The molecule has 1 unspecified atom stereocenters. The number of likely N-dealkylation sites (tertiary alicyclic amines) is 1. The monoisotopic (exact) mass is 333 g/mol. The third-order valence-corrected chi connectivity index (χ3v) is 5.89. The predicted molar refractivity (Wildman–Crippen MR) is 85.2 cm³/mol. The Morgan fingerprint density at radius 1 is 1.48 bits per heavy atom. The van der Waals surface area contributed by atoms with Crippen LogP contribution in [0.5, 0.6) is 0 Å². The maximum absolute atomic E-state index is 12.9. The summed E-state index contributed by atoms with van der Waals surface area (Å²) in [6.07, 6.45) is 4.73. The Kier molecular flexibility index (Phi) is 3.65. The fourth-order valence-corrected chi connectivity index (χ4v) is 4.47. The number of aryl methyl sites for hydroxylation is 1. The zero-order valence-electron chi connectivity index (χ0n) is 13.0. The minimum atomic E-state index is 0.0770. The molecule has 0 aromatic carbocycles. The molecule has 0 bridgehead atoms. The van der Waals surface area contributed by atoms with Crippen molar-refractivity contribution in [3.05, 3.63) is 16.9 Å². The van der Waals surface area contributed by atoms with E-state index in [2.05, 4.69) is 20.2 Å². The Balaban J connectivity index is 1.53. The molecule has 23 heavy (non-hydrogen) atoms. The second-order valence-corrected chi connectivity index (χ2v) is 7.40. The van der Waals surface area contributed by atoms with Gasteiger partial charge in [-0.3, -0.25) is 9.89 Å². The van der Waals surface area contributed by atoms with Crippen molar-refractivity contribution in [3.8, 4) is 10.8 Å². The summed E-state index contributed by atoms with van der Waals surface area (Å²) in [6.45, 7) is 5.10. The predicted octanol–water partition coefficient (Wildman–Crippen LogP) is 1.88. The van der Waals surface area contributed by atoms with Crippen LogP contribution in [-0.4, -0.2) is 57.3 Å². The molecular weight excluding hydrogens is 314 g/mol. The van der Waals surface area contributed by atoms with Crippen molar-refractivity contribution < 1.29 is 9.53 Å². The van der Waals surface area contributed by atoms with Crippen LogP contribution < -0.4 is 0 Å². The van der Waals surface area contributed by atoms with E-state index in [-0.39, 0.29) is 11.3 Å². The summed E-state index contributed by atoms with van der Waals surface area (Å²) in [4.78, 5) is 24.1. The molecule has 7 nitrogen and oxygen atoms in total. The van der Waals surface area contributed by atoms with Gasteiger partial charge in [-0.15, -0.1) is 11.3 Å². The van der Waals surface area contributed by atoms with Crippen LogP contribution in [0.25, 0.3) is 10.8 Å². The van der Waals surface area contributed by atoms with Crippen molar-refractivity contribution in [2.75, 3.05) is 26.3 Å². The minimum absolute atomic E-state index is 0.0770. The molecule has 2 aromatic rings. The number of aromatic amines is 1. The van der Waals surface area contributed by atoms with Crippen molar-refractivity contribution in [2.45, 2.75) is 26.2 Å². The molecule has 2 saturated heterocycles. The van der Waals surface area contributed by atoms with E-state index in [0.717, 1.165) is 51.3 Å². The van der Waals surface area contributed by atoms with Crippen LogP contribution in [0.4, 0.5) is 0 Å². The Labute approximate surface area is 138 Å². The molecule has 8 heteroatoms. The number of nitrogens with one attached hydrogen (secondary N) is 1.